The van der Waals surface area contributed by atoms with Gasteiger partial charge in [0.05, 0.1) is 24.2 Å². The second-order valence-corrected chi connectivity index (χ2v) is 6.31. The van der Waals surface area contributed by atoms with Crippen LogP contribution < -0.4 is 0 Å². The monoisotopic (exact) mass is 289 g/mol. The summed E-state index contributed by atoms with van der Waals surface area (Å²) in [6.07, 6.45) is 6.77. The van der Waals surface area contributed by atoms with Crippen molar-refractivity contribution in [3.05, 3.63) is 54.0 Å². The van der Waals surface area contributed by atoms with Crippen LogP contribution in [0.3, 0.4) is 0 Å². The summed E-state index contributed by atoms with van der Waals surface area (Å²) >= 11 is 0. The average molecular weight is 289 g/mol. The Labute approximate surface area is 119 Å². The van der Waals surface area contributed by atoms with Crippen molar-refractivity contribution in [3.8, 4) is 12.3 Å². The first-order valence-corrected chi connectivity index (χ1v) is 7.50. The van der Waals surface area contributed by atoms with Gasteiger partial charge in [-0.2, -0.15) is 4.31 Å². The predicted octanol–water partition coefficient (Wildman–Crippen LogP) is 2.41. The van der Waals surface area contributed by atoms with Crippen molar-refractivity contribution in [3.63, 3.8) is 0 Å². The van der Waals surface area contributed by atoms with Crippen LogP contribution in [0.2, 0.25) is 0 Å². The molecule has 0 saturated heterocycles. The molecular formula is C15H15NO3S. The molecule has 0 fully saturated rings. The van der Waals surface area contributed by atoms with E-state index in [1.807, 2.05) is 6.92 Å². The molecule has 2 aromatic rings. The predicted molar refractivity (Wildman–Crippen MR) is 76.3 cm³/mol. The first kappa shape index (κ1) is 14.4. The van der Waals surface area contributed by atoms with Crippen LogP contribution in [0.1, 0.15) is 11.3 Å². The van der Waals surface area contributed by atoms with Gasteiger partial charge < -0.3 is 4.42 Å². The van der Waals surface area contributed by atoms with Gasteiger partial charge in [0.15, 0.2) is 0 Å². The van der Waals surface area contributed by atoms with Crippen LogP contribution >= 0.6 is 0 Å². The Morgan fingerprint density at radius 3 is 2.50 bits per heavy atom. The van der Waals surface area contributed by atoms with Gasteiger partial charge in [-0.1, -0.05) is 23.6 Å². The van der Waals surface area contributed by atoms with E-state index in [1.165, 1.54) is 10.6 Å². The molecule has 0 aliphatic carbocycles. The van der Waals surface area contributed by atoms with Crippen LogP contribution in [-0.2, 0) is 16.6 Å². The molecule has 0 atom stereocenters. The molecule has 1 aromatic carbocycles. The Morgan fingerprint density at radius 1 is 1.25 bits per heavy atom. The van der Waals surface area contributed by atoms with Crippen LogP contribution in [0.5, 0.6) is 0 Å². The Hall–Kier alpha value is -2.03. The van der Waals surface area contributed by atoms with Crippen LogP contribution in [0.4, 0.5) is 0 Å². The number of hydrogen-bond acceptors (Lipinski definition) is 3. The van der Waals surface area contributed by atoms with Crippen molar-refractivity contribution in [2.45, 2.75) is 18.4 Å². The molecule has 0 aliphatic heterocycles. The minimum Gasteiger partial charge on any atom is -0.468 e. The molecule has 0 bridgehead atoms. The van der Waals surface area contributed by atoms with E-state index in [9.17, 15) is 8.42 Å². The normalized spacial score (nSPS) is 11.4. The first-order chi connectivity index (χ1) is 9.54. The standard InChI is InChI=1S/C15H15NO3S/c1-3-10-16(12-14-5-4-11-19-14)20(17,18)15-8-6-13(2)7-9-15/h1,4-9,11H,10,12H2,2H3. The molecule has 0 amide bonds. The number of furan rings is 1. The van der Waals surface area contributed by atoms with E-state index < -0.39 is 10.0 Å². The van der Waals surface area contributed by atoms with Gasteiger partial charge in [-0.15, -0.1) is 6.42 Å². The van der Waals surface area contributed by atoms with Crippen LogP contribution in [0.15, 0.2) is 52.0 Å². The molecule has 20 heavy (non-hydrogen) atoms. The Morgan fingerprint density at radius 2 is 1.95 bits per heavy atom. The second-order valence-electron chi connectivity index (χ2n) is 4.37. The molecule has 0 radical (unpaired) electrons. The van der Waals surface area contributed by atoms with Gasteiger partial charge in [0.25, 0.3) is 0 Å². The zero-order valence-corrected chi connectivity index (χ0v) is 11.9. The number of terminal acetylenes is 1. The lowest BCUT2D eigenvalue weighted by molar-refractivity contribution is 0.389. The molecule has 0 spiro atoms. The van der Waals surface area contributed by atoms with E-state index in [4.69, 9.17) is 10.8 Å². The van der Waals surface area contributed by atoms with Crippen molar-refractivity contribution in [1.82, 2.24) is 4.31 Å². The third-order valence-corrected chi connectivity index (χ3v) is 4.64. The van der Waals surface area contributed by atoms with E-state index in [0.717, 1.165) is 5.56 Å². The van der Waals surface area contributed by atoms with Crippen molar-refractivity contribution < 1.29 is 12.8 Å². The summed E-state index contributed by atoms with van der Waals surface area (Å²) in [7, 11) is -3.63. The van der Waals surface area contributed by atoms with Gasteiger partial charge in [-0.3, -0.25) is 0 Å². The lowest BCUT2D eigenvalue weighted by Gasteiger charge is -2.18. The molecule has 5 heteroatoms. The van der Waals surface area contributed by atoms with Crippen LogP contribution in [0, 0.1) is 19.3 Å². The zero-order chi connectivity index (χ0) is 14.6. The molecule has 0 aliphatic rings. The van der Waals surface area contributed by atoms with Gasteiger partial charge in [0, 0.05) is 0 Å². The van der Waals surface area contributed by atoms with Gasteiger partial charge in [0.1, 0.15) is 5.76 Å². The summed E-state index contributed by atoms with van der Waals surface area (Å²) in [4.78, 5) is 0.227. The number of hydrogen-bond donors (Lipinski definition) is 0. The van der Waals surface area contributed by atoms with Crippen LogP contribution in [0.25, 0.3) is 0 Å². The van der Waals surface area contributed by atoms with Gasteiger partial charge in [-0.05, 0) is 31.2 Å². The Kier molecular flexibility index (Phi) is 4.28. The SMILES string of the molecule is C#CCN(Cc1ccco1)S(=O)(=O)c1ccc(C)cc1. The number of benzene rings is 1. The van der Waals surface area contributed by atoms with Crippen molar-refractivity contribution >= 4 is 10.0 Å². The zero-order valence-electron chi connectivity index (χ0n) is 11.1. The van der Waals surface area contributed by atoms with Gasteiger partial charge >= 0.3 is 0 Å². The highest BCUT2D eigenvalue weighted by Gasteiger charge is 2.24. The summed E-state index contributed by atoms with van der Waals surface area (Å²) < 4.78 is 31.5. The lowest BCUT2D eigenvalue weighted by atomic mass is 10.2. The Balaban J connectivity index is 2.32. The van der Waals surface area contributed by atoms with E-state index in [2.05, 4.69) is 5.92 Å². The fraction of sp³-hybridized carbons (Fsp3) is 0.200. The number of sulfonamides is 1. The molecule has 1 aromatic heterocycles. The van der Waals surface area contributed by atoms with E-state index >= 15 is 0 Å². The maximum absolute atomic E-state index is 12.5. The van der Waals surface area contributed by atoms with Crippen molar-refractivity contribution in [2.75, 3.05) is 6.54 Å². The number of aryl methyl sites for hydroxylation is 1. The highest BCUT2D eigenvalue weighted by molar-refractivity contribution is 7.89. The minimum atomic E-state index is -3.63. The molecular weight excluding hydrogens is 274 g/mol. The molecule has 0 saturated carbocycles. The fourth-order valence-electron chi connectivity index (χ4n) is 1.76. The first-order valence-electron chi connectivity index (χ1n) is 6.06. The maximum Gasteiger partial charge on any atom is 0.244 e. The molecule has 104 valence electrons. The average Bonchev–Trinajstić information content (AvgIpc) is 2.92. The van der Waals surface area contributed by atoms with Crippen molar-refractivity contribution in [1.29, 1.82) is 0 Å². The Bertz CT molecular complexity index is 695. The highest BCUT2D eigenvalue weighted by Crippen LogP contribution is 2.18. The van der Waals surface area contributed by atoms with Crippen molar-refractivity contribution in [2.24, 2.45) is 0 Å². The quantitative estimate of drug-likeness (QED) is 0.794. The molecule has 0 N–H and O–H groups in total. The molecule has 0 unspecified atom stereocenters. The maximum atomic E-state index is 12.5. The number of nitrogens with zero attached hydrogens (tertiary/aromatic N) is 1. The largest absolute Gasteiger partial charge is 0.468 e. The van der Waals surface area contributed by atoms with E-state index in [-0.39, 0.29) is 18.0 Å². The summed E-state index contributed by atoms with van der Waals surface area (Å²) in [6.45, 7) is 2.02. The lowest BCUT2D eigenvalue weighted by Crippen LogP contribution is -2.30. The van der Waals surface area contributed by atoms with Gasteiger partial charge in [0.2, 0.25) is 10.0 Å². The highest BCUT2D eigenvalue weighted by atomic mass is 32.2. The van der Waals surface area contributed by atoms with Gasteiger partial charge in [-0.25, -0.2) is 8.42 Å². The molecule has 4 nitrogen and oxygen atoms in total. The molecule has 2 rings (SSSR count). The summed E-state index contributed by atoms with van der Waals surface area (Å²) in [5.74, 6) is 2.92. The third kappa shape index (κ3) is 3.10. The fourth-order valence-corrected chi connectivity index (χ4v) is 3.08. The molecule has 1 heterocycles. The van der Waals surface area contributed by atoms with Crippen LogP contribution in [-0.4, -0.2) is 19.3 Å². The minimum absolute atomic E-state index is 0.00307. The third-order valence-electron chi connectivity index (χ3n) is 2.84. The van der Waals surface area contributed by atoms with E-state index in [1.54, 1.807) is 36.4 Å². The number of rotatable bonds is 5. The van der Waals surface area contributed by atoms with E-state index in [0.29, 0.717) is 5.76 Å². The topological polar surface area (TPSA) is 50.5 Å². The second kappa shape index (κ2) is 5.95. The smallest absolute Gasteiger partial charge is 0.244 e. The summed E-state index contributed by atoms with van der Waals surface area (Å²) in [6, 6.07) is 10.1. The summed E-state index contributed by atoms with van der Waals surface area (Å²) in [5, 5.41) is 0. The summed E-state index contributed by atoms with van der Waals surface area (Å²) in [5.41, 5.74) is 0.999.